The molecule has 1 fully saturated rings. The third kappa shape index (κ3) is 9.38. The van der Waals surface area contributed by atoms with Crippen molar-refractivity contribution < 1.29 is 18.0 Å². The number of aliphatic imine (C=N–C) groups is 1. The minimum Gasteiger partial charge on any atom is -0.404 e. The van der Waals surface area contributed by atoms with Gasteiger partial charge >= 0.3 is 6.18 Å². The average molecular weight is 496 g/mol. The van der Waals surface area contributed by atoms with Crippen LogP contribution >= 0.6 is 0 Å². The SMILES string of the molecule is CC(C)C1CCCCC1.CC1c2cc3cn(C)nc3cc21.CN=C(/C(C)=C\N)C(F)(F)F.NC=O. The Kier molecular flexibility index (Phi) is 12.0. The third-order valence-electron chi connectivity index (χ3n) is 6.38. The molecule has 0 bridgehead atoms. The van der Waals surface area contributed by atoms with E-state index in [9.17, 15) is 13.2 Å². The zero-order valence-corrected chi connectivity index (χ0v) is 21.7. The molecular weight excluding hydrogens is 455 g/mol. The molecule has 1 atom stereocenters. The summed E-state index contributed by atoms with van der Waals surface area (Å²) in [5.41, 5.74) is 12.2. The molecule has 196 valence electrons. The number of primary amides is 1. The number of alkyl halides is 3. The number of hydrogen-bond acceptors (Lipinski definition) is 4. The maximum Gasteiger partial charge on any atom is 0.433 e. The van der Waals surface area contributed by atoms with E-state index in [1.165, 1.54) is 55.5 Å². The summed E-state index contributed by atoms with van der Waals surface area (Å²) in [7, 11) is 3.04. The Morgan fingerprint density at radius 3 is 2.11 bits per heavy atom. The molecule has 1 unspecified atom stereocenters. The molecule has 4 rings (SSSR count). The second kappa shape index (κ2) is 13.9. The van der Waals surface area contributed by atoms with Crippen LogP contribution in [0.4, 0.5) is 13.2 Å². The van der Waals surface area contributed by atoms with Crippen LogP contribution < -0.4 is 11.5 Å². The largest absolute Gasteiger partial charge is 0.433 e. The Balaban J connectivity index is 0.000000251. The molecule has 1 heterocycles. The Labute approximate surface area is 206 Å². The van der Waals surface area contributed by atoms with Gasteiger partial charge in [-0.15, -0.1) is 0 Å². The maximum atomic E-state index is 11.9. The second-order valence-corrected chi connectivity index (χ2v) is 9.26. The number of aromatic nitrogens is 2. The van der Waals surface area contributed by atoms with Crippen LogP contribution in [0.15, 0.2) is 35.1 Å². The molecule has 35 heavy (non-hydrogen) atoms. The molecular formula is C26H40F3N5O. The number of nitrogens with two attached hydrogens (primary N) is 2. The Morgan fingerprint density at radius 2 is 1.71 bits per heavy atom. The number of benzene rings is 1. The van der Waals surface area contributed by atoms with Crippen molar-refractivity contribution >= 4 is 23.0 Å². The Hall–Kier alpha value is -2.84. The first-order valence-corrected chi connectivity index (χ1v) is 12.0. The van der Waals surface area contributed by atoms with Crippen LogP contribution in [0.25, 0.3) is 10.9 Å². The van der Waals surface area contributed by atoms with Gasteiger partial charge < -0.3 is 11.5 Å². The summed E-state index contributed by atoms with van der Waals surface area (Å²) in [6, 6.07) is 4.46. The summed E-state index contributed by atoms with van der Waals surface area (Å²) < 4.78 is 37.7. The molecule has 1 aromatic heterocycles. The highest BCUT2D eigenvalue weighted by molar-refractivity contribution is 6.03. The van der Waals surface area contributed by atoms with Crippen molar-refractivity contribution in [2.75, 3.05) is 7.05 Å². The quantitative estimate of drug-likeness (QED) is 0.404. The van der Waals surface area contributed by atoms with E-state index >= 15 is 0 Å². The molecule has 4 N–H and O–H groups in total. The van der Waals surface area contributed by atoms with Gasteiger partial charge in [0.2, 0.25) is 6.41 Å². The summed E-state index contributed by atoms with van der Waals surface area (Å²) in [4.78, 5) is 11.7. The highest BCUT2D eigenvalue weighted by Gasteiger charge is 2.35. The van der Waals surface area contributed by atoms with E-state index in [4.69, 9.17) is 10.5 Å². The highest BCUT2D eigenvalue weighted by Crippen LogP contribution is 2.44. The number of nitrogens with zero attached hydrogens (tertiary/aromatic N) is 3. The van der Waals surface area contributed by atoms with Gasteiger partial charge in [-0.1, -0.05) is 52.9 Å². The van der Waals surface area contributed by atoms with Crippen molar-refractivity contribution in [3.63, 3.8) is 0 Å². The zero-order valence-electron chi connectivity index (χ0n) is 21.7. The summed E-state index contributed by atoms with van der Waals surface area (Å²) in [6.07, 6.45) is 6.26. The Morgan fingerprint density at radius 1 is 1.17 bits per heavy atom. The fraction of sp³-hybridized carbons (Fsp3) is 0.577. The second-order valence-electron chi connectivity index (χ2n) is 9.26. The molecule has 2 aliphatic rings. The number of allylic oxidation sites excluding steroid dienone is 1. The van der Waals surface area contributed by atoms with Gasteiger partial charge in [0.15, 0.2) is 0 Å². The summed E-state index contributed by atoms with van der Waals surface area (Å²) in [5, 5.41) is 5.62. The van der Waals surface area contributed by atoms with E-state index in [1.807, 2.05) is 11.7 Å². The van der Waals surface area contributed by atoms with Crippen molar-refractivity contribution in [2.24, 2.45) is 35.3 Å². The van der Waals surface area contributed by atoms with Crippen molar-refractivity contribution in [1.29, 1.82) is 0 Å². The molecule has 1 aromatic carbocycles. The third-order valence-corrected chi connectivity index (χ3v) is 6.38. The van der Waals surface area contributed by atoms with Crippen molar-refractivity contribution in [3.05, 3.63) is 41.2 Å². The number of carbonyl (C=O) groups is 1. The fourth-order valence-electron chi connectivity index (χ4n) is 4.27. The van der Waals surface area contributed by atoms with Crippen molar-refractivity contribution in [3.8, 4) is 0 Å². The van der Waals surface area contributed by atoms with Gasteiger partial charge in [0.25, 0.3) is 0 Å². The van der Waals surface area contributed by atoms with E-state index in [0.29, 0.717) is 5.92 Å². The molecule has 1 saturated carbocycles. The average Bonchev–Trinajstić information content (AvgIpc) is 3.25. The number of aryl methyl sites for hydroxylation is 1. The standard InChI is InChI=1S/C10H10N2.C9H18.C6H9F3N2.CH3NO/c1-6-8-3-7-5-12(2)11-10(7)4-9(6)8;1-8(2)9-6-4-3-5-7-9;1-4(3-10)5(11-2)6(7,8)9;2-1-3/h3-6H,1-2H3;8-9H,3-7H2,1-2H3;3H,10H2,1-2H3;1H,(H2,2,3)/b;;4-3-,11-5?;. The van der Waals surface area contributed by atoms with Gasteiger partial charge in [-0.2, -0.15) is 18.3 Å². The normalized spacial score (nSPS) is 17.8. The molecule has 6 nitrogen and oxygen atoms in total. The monoisotopic (exact) mass is 495 g/mol. The van der Waals surface area contributed by atoms with Crippen LogP contribution in [0, 0.1) is 11.8 Å². The van der Waals surface area contributed by atoms with Crippen molar-refractivity contribution in [1.82, 2.24) is 9.78 Å². The highest BCUT2D eigenvalue weighted by atomic mass is 19.4. The van der Waals surface area contributed by atoms with Gasteiger partial charge in [0.05, 0.1) is 5.52 Å². The molecule has 9 heteroatoms. The van der Waals surface area contributed by atoms with Gasteiger partial charge in [0, 0.05) is 31.6 Å². The molecule has 0 spiro atoms. The van der Waals surface area contributed by atoms with Crippen LogP contribution in [0.5, 0.6) is 0 Å². The van der Waals surface area contributed by atoms with Gasteiger partial charge in [-0.05, 0) is 53.8 Å². The number of fused-ring (bicyclic) bond motifs is 2. The van der Waals surface area contributed by atoms with Crippen LogP contribution in [0.1, 0.15) is 76.8 Å². The van der Waals surface area contributed by atoms with Crippen LogP contribution in [-0.4, -0.2) is 35.1 Å². The lowest BCUT2D eigenvalue weighted by Crippen LogP contribution is -2.24. The van der Waals surface area contributed by atoms with E-state index in [-0.39, 0.29) is 12.0 Å². The molecule has 0 aliphatic heterocycles. The number of halogens is 3. The fourth-order valence-corrected chi connectivity index (χ4v) is 4.27. The smallest absolute Gasteiger partial charge is 0.404 e. The summed E-state index contributed by atoms with van der Waals surface area (Å²) in [6.45, 7) is 8.21. The number of amides is 1. The minimum absolute atomic E-state index is 0.0694. The summed E-state index contributed by atoms with van der Waals surface area (Å²) in [5.74, 6) is 2.67. The van der Waals surface area contributed by atoms with E-state index in [0.717, 1.165) is 30.6 Å². The van der Waals surface area contributed by atoms with E-state index in [2.05, 4.69) is 54.9 Å². The lowest BCUT2D eigenvalue weighted by Gasteiger charge is -2.24. The maximum absolute atomic E-state index is 11.9. The predicted molar refractivity (Wildman–Crippen MR) is 137 cm³/mol. The van der Waals surface area contributed by atoms with Gasteiger partial charge in [-0.25, -0.2) is 0 Å². The Bertz CT molecular complexity index is 961. The van der Waals surface area contributed by atoms with Crippen LogP contribution in [0.2, 0.25) is 0 Å². The predicted octanol–water partition coefficient (Wildman–Crippen LogP) is 5.84. The molecule has 0 radical (unpaired) electrons. The first-order chi connectivity index (χ1) is 16.4. The van der Waals surface area contributed by atoms with Crippen molar-refractivity contribution in [2.45, 2.75) is 71.9 Å². The minimum atomic E-state index is -4.41. The zero-order chi connectivity index (χ0) is 26.8. The molecule has 1 amide bonds. The lowest BCUT2D eigenvalue weighted by atomic mass is 9.82. The number of carbonyl (C=O) groups excluding carboxylic acids is 1. The molecule has 2 aromatic rings. The number of rotatable bonds is 2. The first-order valence-electron chi connectivity index (χ1n) is 12.0. The first kappa shape index (κ1) is 30.2. The summed E-state index contributed by atoms with van der Waals surface area (Å²) >= 11 is 0. The molecule has 0 saturated heterocycles. The molecule has 2 aliphatic carbocycles. The van der Waals surface area contributed by atoms with Crippen LogP contribution in [-0.2, 0) is 11.8 Å². The van der Waals surface area contributed by atoms with Gasteiger partial charge in [-0.3, -0.25) is 14.5 Å². The van der Waals surface area contributed by atoms with Crippen LogP contribution in [0.3, 0.4) is 0 Å². The number of hydrogen-bond donors (Lipinski definition) is 2. The topological polar surface area (TPSA) is 99.3 Å². The van der Waals surface area contributed by atoms with E-state index in [1.54, 1.807) is 0 Å². The van der Waals surface area contributed by atoms with Gasteiger partial charge in [0.1, 0.15) is 5.71 Å². The lowest BCUT2D eigenvalue weighted by molar-refractivity contribution is -0.106. The van der Waals surface area contributed by atoms with E-state index < -0.39 is 11.9 Å².